The molecule has 0 unspecified atom stereocenters. The minimum absolute atomic E-state index is 0.935. The van der Waals surface area contributed by atoms with E-state index in [4.69, 9.17) is 5.26 Å². The molecule has 0 atom stereocenters. The lowest BCUT2D eigenvalue weighted by Crippen LogP contribution is -1.72. The quantitative estimate of drug-likeness (QED) is 0.309. The van der Waals surface area contributed by atoms with E-state index in [1.54, 1.807) is 12.4 Å². The Bertz CT molecular complexity index is 99.6. The molecule has 0 aliphatic carbocycles. The van der Waals surface area contributed by atoms with Crippen molar-refractivity contribution in [3.8, 4) is 6.19 Å². The summed E-state index contributed by atoms with van der Waals surface area (Å²) in [6.45, 7) is 2.11. The first-order chi connectivity index (χ1) is 3.91. The lowest BCUT2D eigenvalue weighted by molar-refractivity contribution is 0.843. The predicted molar refractivity (Wildman–Crippen MR) is 33.6 cm³/mol. The molecule has 0 fully saturated rings. The van der Waals surface area contributed by atoms with E-state index >= 15 is 0 Å². The Kier molecular flexibility index (Phi) is 5.51. The summed E-state index contributed by atoms with van der Waals surface area (Å²) in [5.41, 5.74) is 0. The van der Waals surface area contributed by atoms with E-state index < -0.39 is 0 Å². The fraction of sp³-hybridized carbons (Fsp3) is 0.667. The molecule has 0 saturated heterocycles. The van der Waals surface area contributed by atoms with Crippen LogP contribution < -0.4 is 0 Å². The fourth-order valence-corrected chi connectivity index (χ4v) is 0.401. The summed E-state index contributed by atoms with van der Waals surface area (Å²) >= 11 is 0. The molecule has 0 bridgehead atoms. The number of aliphatic imine (C=N–C) groups is 1. The summed E-state index contributed by atoms with van der Waals surface area (Å²) in [7, 11) is 0. The molecular formula is C6H10N2. The molecule has 0 radical (unpaired) electrons. The first-order valence-corrected chi connectivity index (χ1v) is 2.82. The second-order valence-electron chi connectivity index (χ2n) is 1.55. The Balaban J connectivity index is 2.94. The van der Waals surface area contributed by atoms with Crippen molar-refractivity contribution in [3.05, 3.63) is 0 Å². The van der Waals surface area contributed by atoms with Gasteiger partial charge in [0.2, 0.25) is 6.19 Å². The molecule has 0 aliphatic rings. The molecule has 0 aromatic carbocycles. The average molecular weight is 110 g/mol. The lowest BCUT2D eigenvalue weighted by Gasteiger charge is -1.82. The van der Waals surface area contributed by atoms with Gasteiger partial charge in [-0.1, -0.05) is 13.3 Å². The van der Waals surface area contributed by atoms with Crippen molar-refractivity contribution in [2.75, 3.05) is 0 Å². The van der Waals surface area contributed by atoms with E-state index in [0.717, 1.165) is 19.3 Å². The number of nitrogens with zero attached hydrogens (tertiary/aromatic N) is 2. The largest absolute Gasteiger partial charge is 0.205 e. The summed E-state index contributed by atoms with van der Waals surface area (Å²) in [5, 5.41) is 7.92. The van der Waals surface area contributed by atoms with Crippen LogP contribution in [0.2, 0.25) is 0 Å². The van der Waals surface area contributed by atoms with Crippen LogP contribution in [0.25, 0.3) is 0 Å². The minimum Gasteiger partial charge on any atom is -0.186 e. The number of rotatable bonds is 3. The van der Waals surface area contributed by atoms with Gasteiger partial charge in [0, 0.05) is 6.21 Å². The molecule has 0 N–H and O–H groups in total. The summed E-state index contributed by atoms with van der Waals surface area (Å²) in [5.74, 6) is 0. The van der Waals surface area contributed by atoms with Gasteiger partial charge in [0.05, 0.1) is 0 Å². The third-order valence-corrected chi connectivity index (χ3v) is 0.836. The van der Waals surface area contributed by atoms with Crippen LogP contribution in [0.3, 0.4) is 0 Å². The van der Waals surface area contributed by atoms with Crippen molar-refractivity contribution in [1.29, 1.82) is 5.26 Å². The second kappa shape index (κ2) is 6.16. The smallest absolute Gasteiger partial charge is 0.186 e. The number of unbranched alkanes of at least 4 members (excludes halogenated alkanes) is 2. The monoisotopic (exact) mass is 110 g/mol. The number of hydrogen-bond acceptors (Lipinski definition) is 2. The molecule has 0 rings (SSSR count). The first kappa shape index (κ1) is 7.16. The fourth-order valence-electron chi connectivity index (χ4n) is 0.401. The van der Waals surface area contributed by atoms with Crippen molar-refractivity contribution in [1.82, 2.24) is 0 Å². The van der Waals surface area contributed by atoms with Gasteiger partial charge >= 0.3 is 0 Å². The zero-order chi connectivity index (χ0) is 6.24. The third-order valence-electron chi connectivity index (χ3n) is 0.836. The van der Waals surface area contributed by atoms with E-state index in [-0.39, 0.29) is 0 Å². The van der Waals surface area contributed by atoms with Crippen molar-refractivity contribution in [2.24, 2.45) is 4.99 Å². The summed E-state index contributed by atoms with van der Waals surface area (Å²) in [6, 6.07) is 0. The molecule has 0 aliphatic heterocycles. The summed E-state index contributed by atoms with van der Waals surface area (Å²) < 4.78 is 0. The zero-order valence-electron chi connectivity index (χ0n) is 5.09. The van der Waals surface area contributed by atoms with Crippen molar-refractivity contribution >= 4 is 6.21 Å². The van der Waals surface area contributed by atoms with E-state index in [9.17, 15) is 0 Å². The van der Waals surface area contributed by atoms with Crippen molar-refractivity contribution < 1.29 is 0 Å². The molecule has 0 aromatic heterocycles. The Hall–Kier alpha value is -0.840. The van der Waals surface area contributed by atoms with Gasteiger partial charge in [-0.15, -0.1) is 0 Å². The van der Waals surface area contributed by atoms with Crippen LogP contribution in [-0.2, 0) is 0 Å². The highest BCUT2D eigenvalue weighted by atomic mass is 14.7. The van der Waals surface area contributed by atoms with Gasteiger partial charge < -0.3 is 0 Å². The molecule has 0 aromatic rings. The molecule has 0 saturated carbocycles. The van der Waals surface area contributed by atoms with Crippen LogP contribution in [0, 0.1) is 11.5 Å². The van der Waals surface area contributed by atoms with E-state index in [1.165, 1.54) is 0 Å². The van der Waals surface area contributed by atoms with E-state index in [0.29, 0.717) is 0 Å². The predicted octanol–water partition coefficient (Wildman–Crippen LogP) is 1.73. The van der Waals surface area contributed by atoms with Crippen LogP contribution in [-0.4, -0.2) is 6.21 Å². The van der Waals surface area contributed by atoms with Gasteiger partial charge in [-0.2, -0.15) is 10.3 Å². The molecule has 2 nitrogen and oxygen atoms in total. The molecule has 0 amide bonds. The van der Waals surface area contributed by atoms with Gasteiger partial charge in [0.1, 0.15) is 0 Å². The molecule has 44 valence electrons. The van der Waals surface area contributed by atoms with Crippen LogP contribution in [0.5, 0.6) is 0 Å². The second-order valence-corrected chi connectivity index (χ2v) is 1.55. The average Bonchev–Trinajstić information content (AvgIpc) is 1.81. The highest BCUT2D eigenvalue weighted by Gasteiger charge is 1.75. The standard InChI is InChI=1S/C6H10N2/c1-2-3-4-5-8-6-7/h5H,2-4H2,1H3. The van der Waals surface area contributed by atoms with Gasteiger partial charge in [0.15, 0.2) is 0 Å². The van der Waals surface area contributed by atoms with Crippen LogP contribution in [0.1, 0.15) is 26.2 Å². The molecular weight excluding hydrogens is 100 g/mol. The highest BCUT2D eigenvalue weighted by Crippen LogP contribution is 1.88. The minimum atomic E-state index is 0.935. The molecule has 8 heavy (non-hydrogen) atoms. The Morgan fingerprint density at radius 1 is 1.75 bits per heavy atom. The molecule has 0 heterocycles. The van der Waals surface area contributed by atoms with Gasteiger partial charge in [-0.3, -0.25) is 0 Å². The maximum Gasteiger partial charge on any atom is 0.205 e. The highest BCUT2D eigenvalue weighted by molar-refractivity contribution is 5.58. The van der Waals surface area contributed by atoms with Gasteiger partial charge in [0.25, 0.3) is 0 Å². The van der Waals surface area contributed by atoms with Crippen molar-refractivity contribution in [2.45, 2.75) is 26.2 Å². The maximum absolute atomic E-state index is 7.92. The van der Waals surface area contributed by atoms with Crippen LogP contribution in [0.15, 0.2) is 4.99 Å². The normalized spacial score (nSPS) is 9.50. The van der Waals surface area contributed by atoms with Crippen molar-refractivity contribution in [3.63, 3.8) is 0 Å². The SMILES string of the molecule is CCCCC=NC#N. The lowest BCUT2D eigenvalue weighted by atomic mass is 10.3. The van der Waals surface area contributed by atoms with E-state index in [1.807, 2.05) is 0 Å². The first-order valence-electron chi connectivity index (χ1n) is 2.82. The van der Waals surface area contributed by atoms with Crippen LogP contribution in [0.4, 0.5) is 0 Å². The summed E-state index contributed by atoms with van der Waals surface area (Å²) in [6.07, 6.45) is 6.58. The topological polar surface area (TPSA) is 36.1 Å². The van der Waals surface area contributed by atoms with Crippen LogP contribution >= 0.6 is 0 Å². The Morgan fingerprint density at radius 3 is 3.00 bits per heavy atom. The Morgan fingerprint density at radius 2 is 2.50 bits per heavy atom. The third kappa shape index (κ3) is 5.16. The zero-order valence-corrected chi connectivity index (χ0v) is 5.09. The Labute approximate surface area is 49.9 Å². The molecule has 0 spiro atoms. The maximum atomic E-state index is 7.92. The number of hydrogen-bond donors (Lipinski definition) is 0. The molecule has 2 heteroatoms. The van der Waals surface area contributed by atoms with Gasteiger partial charge in [-0.25, -0.2) is 0 Å². The van der Waals surface area contributed by atoms with E-state index in [2.05, 4.69) is 11.9 Å². The summed E-state index contributed by atoms with van der Waals surface area (Å²) in [4.78, 5) is 3.39. The number of nitriles is 1. The van der Waals surface area contributed by atoms with Gasteiger partial charge in [-0.05, 0) is 12.8 Å².